The van der Waals surface area contributed by atoms with Crippen LogP contribution in [0.15, 0.2) is 29.3 Å². The number of thiazole rings is 1. The van der Waals surface area contributed by atoms with Crippen molar-refractivity contribution in [2.45, 2.75) is 50.9 Å². The Morgan fingerprint density at radius 3 is 2.49 bits per heavy atom. The summed E-state index contributed by atoms with van der Waals surface area (Å²) in [5.74, 6) is -3.48. The van der Waals surface area contributed by atoms with Gasteiger partial charge in [-0.3, -0.25) is 19.4 Å². The Labute approximate surface area is 213 Å². The minimum absolute atomic E-state index is 0.0175. The van der Waals surface area contributed by atoms with E-state index in [9.17, 15) is 27.6 Å². The Hall–Kier alpha value is -3.75. The summed E-state index contributed by atoms with van der Waals surface area (Å²) in [7, 11) is 0. The van der Waals surface area contributed by atoms with Crippen LogP contribution in [0.5, 0.6) is 0 Å². The number of carboxylic acids is 1. The molecular weight excluding hydrogens is 517 g/mol. The number of hydrogen-bond donors (Lipinski definition) is 4. The lowest BCUT2D eigenvalue weighted by atomic mass is 10.1. The minimum atomic E-state index is -5.08. The van der Waals surface area contributed by atoms with E-state index in [1.165, 1.54) is 18.3 Å². The van der Waals surface area contributed by atoms with Crippen LogP contribution in [0.3, 0.4) is 0 Å². The van der Waals surface area contributed by atoms with E-state index in [1.807, 2.05) is 24.3 Å². The van der Waals surface area contributed by atoms with Crippen molar-refractivity contribution in [1.82, 2.24) is 15.2 Å². The zero-order valence-electron chi connectivity index (χ0n) is 19.8. The molecule has 2 atom stereocenters. The van der Waals surface area contributed by atoms with Crippen LogP contribution in [0.2, 0.25) is 0 Å². The molecule has 1 aliphatic rings. The number of nitrogens with two attached hydrogens (primary N) is 2. The van der Waals surface area contributed by atoms with Gasteiger partial charge < -0.3 is 26.8 Å². The number of para-hydroxylation sites is 1. The van der Waals surface area contributed by atoms with Crippen molar-refractivity contribution < 1.29 is 37.5 Å². The monoisotopic (exact) mass is 544 g/mol. The number of nitrogens with one attached hydrogen (secondary N) is 1. The Bertz CT molecular complexity index is 1130. The van der Waals surface area contributed by atoms with Crippen molar-refractivity contribution >= 4 is 51.1 Å². The van der Waals surface area contributed by atoms with Crippen LogP contribution in [0, 0.1) is 0 Å². The van der Waals surface area contributed by atoms with Crippen LogP contribution < -0.4 is 16.8 Å². The first-order chi connectivity index (χ1) is 17.3. The average Bonchev–Trinajstić information content (AvgIpc) is 3.47. The van der Waals surface area contributed by atoms with Gasteiger partial charge in [-0.25, -0.2) is 9.78 Å². The highest BCUT2D eigenvalue weighted by molar-refractivity contribution is 7.20. The highest BCUT2D eigenvalue weighted by atomic mass is 32.1. The summed E-state index contributed by atoms with van der Waals surface area (Å²) in [6, 6.07) is 6.19. The largest absolute Gasteiger partial charge is 0.490 e. The maximum absolute atomic E-state index is 13.2. The molecule has 0 bridgehead atoms. The van der Waals surface area contributed by atoms with Crippen LogP contribution in [0.25, 0.3) is 10.2 Å². The van der Waals surface area contributed by atoms with Gasteiger partial charge in [-0.1, -0.05) is 12.1 Å². The van der Waals surface area contributed by atoms with Gasteiger partial charge in [0, 0.05) is 20.0 Å². The lowest BCUT2D eigenvalue weighted by Crippen LogP contribution is -2.50. The molecule has 1 aliphatic heterocycles. The molecule has 3 rings (SSSR count). The van der Waals surface area contributed by atoms with Crippen LogP contribution in [-0.2, 0) is 14.4 Å². The van der Waals surface area contributed by atoms with E-state index in [4.69, 9.17) is 21.4 Å². The first-order valence-electron chi connectivity index (χ1n) is 11.1. The van der Waals surface area contributed by atoms with Crippen molar-refractivity contribution in [2.24, 2.45) is 16.5 Å². The molecule has 0 saturated carbocycles. The molecule has 1 aromatic carbocycles. The number of Topliss-reactive ketones (excluding diaryl/α,β-unsaturated/α-hetero) is 1. The van der Waals surface area contributed by atoms with Crippen molar-refractivity contribution in [1.29, 1.82) is 0 Å². The summed E-state index contributed by atoms with van der Waals surface area (Å²) in [6.45, 7) is 2.35. The second kappa shape index (κ2) is 13.0. The molecule has 202 valence electrons. The quantitative estimate of drug-likeness (QED) is 0.167. The zero-order chi connectivity index (χ0) is 27.8. The highest BCUT2D eigenvalue weighted by Gasteiger charge is 2.38. The number of nitrogens with zero attached hydrogens (tertiary/aromatic N) is 3. The van der Waals surface area contributed by atoms with Gasteiger partial charge in [0.25, 0.3) is 0 Å². The Morgan fingerprint density at radius 2 is 1.92 bits per heavy atom. The summed E-state index contributed by atoms with van der Waals surface area (Å²) in [4.78, 5) is 56.7. The maximum atomic E-state index is 13.2. The molecule has 2 aromatic rings. The van der Waals surface area contributed by atoms with E-state index in [1.54, 1.807) is 4.90 Å². The highest BCUT2D eigenvalue weighted by Crippen LogP contribution is 2.24. The topological polar surface area (TPSA) is 181 Å². The fourth-order valence-electron chi connectivity index (χ4n) is 3.58. The second-order valence-electron chi connectivity index (χ2n) is 8.03. The van der Waals surface area contributed by atoms with Crippen molar-refractivity contribution in [3.63, 3.8) is 0 Å². The van der Waals surface area contributed by atoms with Gasteiger partial charge in [-0.15, -0.1) is 11.3 Å². The second-order valence-corrected chi connectivity index (χ2v) is 9.06. The zero-order valence-corrected chi connectivity index (χ0v) is 20.6. The number of benzene rings is 1. The van der Waals surface area contributed by atoms with Crippen molar-refractivity contribution in [3.8, 4) is 0 Å². The van der Waals surface area contributed by atoms with E-state index in [2.05, 4.69) is 15.3 Å². The van der Waals surface area contributed by atoms with Crippen molar-refractivity contribution in [3.05, 3.63) is 29.3 Å². The smallest absolute Gasteiger partial charge is 0.475 e. The van der Waals surface area contributed by atoms with E-state index in [0.717, 1.165) is 16.6 Å². The number of rotatable bonds is 8. The molecule has 0 spiro atoms. The Kier molecular flexibility index (Phi) is 10.3. The summed E-state index contributed by atoms with van der Waals surface area (Å²) in [6.07, 6.45) is -2.86. The van der Waals surface area contributed by atoms with Crippen LogP contribution in [0.1, 0.15) is 42.4 Å². The molecular formula is C22H27F3N6O5S. The number of aliphatic imine (C=N–C) groups is 1. The molecule has 6 N–H and O–H groups in total. The number of amides is 2. The number of halogens is 3. The Balaban J connectivity index is 0.000000604. The molecule has 1 fully saturated rings. The number of guanidine groups is 1. The van der Waals surface area contributed by atoms with Crippen LogP contribution in [0.4, 0.5) is 13.2 Å². The molecule has 1 saturated heterocycles. The van der Waals surface area contributed by atoms with E-state index >= 15 is 0 Å². The van der Waals surface area contributed by atoms with Gasteiger partial charge >= 0.3 is 12.1 Å². The molecule has 2 heterocycles. The standard InChI is InChI=1S/C20H26N6O3S.C2HF3O2/c1-12(27)26-11-5-8-15(26)18(29)24-14(7-4-10-23-20(21)22)17(28)19-25-13-6-2-3-9-16(13)30-19;3-2(4,5)1(6)7/h2-3,6,9,14-15H,4-5,7-8,10-11H2,1H3,(H,24,29)(H4,21,22,23);(H,6,7)/t14-,15+;/m0./s1. The summed E-state index contributed by atoms with van der Waals surface area (Å²) >= 11 is 1.30. The molecule has 0 unspecified atom stereocenters. The number of carboxylic acid groups (broad SMARTS) is 1. The van der Waals surface area contributed by atoms with Crippen LogP contribution in [-0.4, -0.2) is 75.9 Å². The Morgan fingerprint density at radius 1 is 1.27 bits per heavy atom. The minimum Gasteiger partial charge on any atom is -0.475 e. The lowest BCUT2D eigenvalue weighted by Gasteiger charge is -2.25. The van der Waals surface area contributed by atoms with E-state index < -0.39 is 24.2 Å². The predicted octanol–water partition coefficient (Wildman–Crippen LogP) is 1.66. The normalized spacial score (nSPS) is 15.9. The third-order valence-electron chi connectivity index (χ3n) is 5.29. The van der Waals surface area contributed by atoms with Gasteiger partial charge in [0.1, 0.15) is 6.04 Å². The number of aromatic nitrogens is 1. The fraction of sp³-hybridized carbons (Fsp3) is 0.455. The first-order valence-corrected chi connectivity index (χ1v) is 12.0. The fourth-order valence-corrected chi connectivity index (χ4v) is 4.54. The number of carbonyl (C=O) groups is 4. The maximum Gasteiger partial charge on any atom is 0.490 e. The predicted molar refractivity (Wildman–Crippen MR) is 130 cm³/mol. The number of likely N-dealkylation sites (tertiary alicyclic amines) is 1. The van der Waals surface area contributed by atoms with Gasteiger partial charge in [0.05, 0.1) is 16.3 Å². The summed E-state index contributed by atoms with van der Waals surface area (Å²) in [5, 5.41) is 10.3. The van der Waals surface area contributed by atoms with E-state index in [0.29, 0.717) is 37.4 Å². The summed E-state index contributed by atoms with van der Waals surface area (Å²) in [5.41, 5.74) is 11.5. The third-order valence-corrected chi connectivity index (χ3v) is 6.34. The molecule has 2 amide bonds. The van der Waals surface area contributed by atoms with Gasteiger partial charge in [-0.2, -0.15) is 13.2 Å². The number of ketones is 1. The van der Waals surface area contributed by atoms with Crippen LogP contribution >= 0.6 is 11.3 Å². The number of alkyl halides is 3. The molecule has 11 nitrogen and oxygen atoms in total. The van der Waals surface area contributed by atoms with Gasteiger partial charge in [0.2, 0.25) is 17.6 Å². The molecule has 1 aromatic heterocycles. The molecule has 15 heteroatoms. The third kappa shape index (κ3) is 8.70. The number of fused-ring (bicyclic) bond motifs is 1. The van der Waals surface area contributed by atoms with Crippen molar-refractivity contribution in [2.75, 3.05) is 13.1 Å². The molecule has 0 radical (unpaired) electrons. The number of aliphatic carboxylic acids is 1. The SMILES string of the molecule is CC(=O)N1CCC[C@@H]1C(=O)N[C@@H](CCCN=C(N)N)C(=O)c1nc2ccccc2s1.O=C(O)C(F)(F)F. The van der Waals surface area contributed by atoms with E-state index in [-0.39, 0.29) is 23.6 Å². The average molecular weight is 545 g/mol. The lowest BCUT2D eigenvalue weighted by molar-refractivity contribution is -0.192. The first kappa shape index (κ1) is 29.5. The number of carbonyl (C=O) groups excluding carboxylic acids is 3. The van der Waals surface area contributed by atoms with Gasteiger partial charge in [0.15, 0.2) is 11.0 Å². The number of hydrogen-bond acceptors (Lipinski definition) is 7. The molecule has 0 aliphatic carbocycles. The molecule has 37 heavy (non-hydrogen) atoms. The van der Waals surface area contributed by atoms with Gasteiger partial charge in [-0.05, 0) is 37.8 Å². The summed E-state index contributed by atoms with van der Waals surface area (Å²) < 4.78 is 32.6.